The van der Waals surface area contributed by atoms with Crippen molar-refractivity contribution in [3.63, 3.8) is 0 Å². The highest BCUT2D eigenvalue weighted by Gasteiger charge is 2.26. The minimum atomic E-state index is 0.108. The third-order valence-corrected chi connectivity index (χ3v) is 3.14. The largest absolute Gasteiger partial charge is 0.336 e. The van der Waals surface area contributed by atoms with Crippen LogP contribution in [0.2, 0.25) is 0 Å². The summed E-state index contributed by atoms with van der Waals surface area (Å²) in [5, 5.41) is 2.84. The SMILES string of the molecule is CC(CN1CCCC1)N1CCNC1=O. The van der Waals surface area contributed by atoms with Gasteiger partial charge >= 0.3 is 6.03 Å². The Balaban J connectivity index is 1.81. The van der Waals surface area contributed by atoms with Crippen LogP contribution in [0.5, 0.6) is 0 Å². The molecule has 0 bridgehead atoms. The van der Waals surface area contributed by atoms with Gasteiger partial charge in [0.2, 0.25) is 0 Å². The zero-order valence-corrected chi connectivity index (χ0v) is 8.83. The molecule has 2 amide bonds. The van der Waals surface area contributed by atoms with Gasteiger partial charge in [-0.25, -0.2) is 4.79 Å². The molecular weight excluding hydrogens is 178 g/mol. The first-order valence-electron chi connectivity index (χ1n) is 5.54. The molecule has 4 heteroatoms. The van der Waals surface area contributed by atoms with E-state index < -0.39 is 0 Å². The van der Waals surface area contributed by atoms with E-state index in [1.165, 1.54) is 25.9 Å². The molecule has 0 radical (unpaired) electrons. The maximum absolute atomic E-state index is 11.4. The molecule has 1 atom stereocenters. The van der Waals surface area contributed by atoms with Crippen LogP contribution >= 0.6 is 0 Å². The molecule has 1 N–H and O–H groups in total. The maximum atomic E-state index is 11.4. The lowest BCUT2D eigenvalue weighted by Crippen LogP contribution is -2.43. The quantitative estimate of drug-likeness (QED) is 0.715. The molecular formula is C10H19N3O. The predicted molar refractivity (Wildman–Crippen MR) is 55.2 cm³/mol. The van der Waals surface area contributed by atoms with Crippen LogP contribution < -0.4 is 5.32 Å². The van der Waals surface area contributed by atoms with Gasteiger partial charge in [0.15, 0.2) is 0 Å². The summed E-state index contributed by atoms with van der Waals surface area (Å²) >= 11 is 0. The van der Waals surface area contributed by atoms with Crippen molar-refractivity contribution in [1.82, 2.24) is 15.1 Å². The number of carbonyl (C=O) groups excluding carboxylic acids is 1. The molecule has 2 heterocycles. The summed E-state index contributed by atoms with van der Waals surface area (Å²) in [6.07, 6.45) is 2.64. The Labute approximate surface area is 85.2 Å². The van der Waals surface area contributed by atoms with Crippen LogP contribution in [0.4, 0.5) is 4.79 Å². The number of hydrogen-bond acceptors (Lipinski definition) is 2. The average molecular weight is 197 g/mol. The van der Waals surface area contributed by atoms with Crippen molar-refractivity contribution in [1.29, 1.82) is 0 Å². The van der Waals surface area contributed by atoms with Crippen molar-refractivity contribution >= 4 is 6.03 Å². The van der Waals surface area contributed by atoms with Crippen LogP contribution in [-0.2, 0) is 0 Å². The first-order valence-corrected chi connectivity index (χ1v) is 5.54. The minimum absolute atomic E-state index is 0.108. The van der Waals surface area contributed by atoms with Gasteiger partial charge in [-0.3, -0.25) is 0 Å². The van der Waals surface area contributed by atoms with Crippen LogP contribution in [0.15, 0.2) is 0 Å². The number of likely N-dealkylation sites (tertiary alicyclic amines) is 1. The number of amides is 2. The molecule has 0 aliphatic carbocycles. The van der Waals surface area contributed by atoms with E-state index in [2.05, 4.69) is 17.1 Å². The van der Waals surface area contributed by atoms with Crippen molar-refractivity contribution in [3.05, 3.63) is 0 Å². The molecule has 0 saturated carbocycles. The molecule has 0 aromatic heterocycles. The summed E-state index contributed by atoms with van der Waals surface area (Å²) in [5.74, 6) is 0. The van der Waals surface area contributed by atoms with E-state index in [4.69, 9.17) is 0 Å². The molecule has 2 rings (SSSR count). The number of urea groups is 1. The van der Waals surface area contributed by atoms with Crippen LogP contribution in [0.25, 0.3) is 0 Å². The lowest BCUT2D eigenvalue weighted by Gasteiger charge is -2.27. The number of carbonyl (C=O) groups is 1. The Hall–Kier alpha value is -0.770. The molecule has 2 saturated heterocycles. The van der Waals surface area contributed by atoms with E-state index in [9.17, 15) is 4.79 Å². The van der Waals surface area contributed by atoms with Crippen LogP contribution in [-0.4, -0.2) is 54.6 Å². The van der Waals surface area contributed by atoms with Crippen molar-refractivity contribution in [2.24, 2.45) is 0 Å². The Morgan fingerprint density at radius 1 is 1.36 bits per heavy atom. The Kier molecular flexibility index (Phi) is 2.91. The highest BCUT2D eigenvalue weighted by Crippen LogP contribution is 2.11. The highest BCUT2D eigenvalue weighted by molar-refractivity contribution is 5.76. The van der Waals surface area contributed by atoms with Gasteiger partial charge in [0.05, 0.1) is 0 Å². The Morgan fingerprint density at radius 2 is 2.07 bits per heavy atom. The standard InChI is InChI=1S/C10H19N3O/c1-9(8-12-5-2-3-6-12)13-7-4-11-10(13)14/h9H,2-8H2,1H3,(H,11,14). The van der Waals surface area contributed by atoms with E-state index >= 15 is 0 Å². The lowest BCUT2D eigenvalue weighted by molar-refractivity contribution is 0.181. The van der Waals surface area contributed by atoms with Gasteiger partial charge in [-0.1, -0.05) is 0 Å². The second-order valence-electron chi connectivity index (χ2n) is 4.28. The normalized spacial score (nSPS) is 25.5. The Morgan fingerprint density at radius 3 is 2.64 bits per heavy atom. The van der Waals surface area contributed by atoms with E-state index in [-0.39, 0.29) is 6.03 Å². The van der Waals surface area contributed by atoms with Crippen molar-refractivity contribution in [2.75, 3.05) is 32.7 Å². The van der Waals surface area contributed by atoms with Crippen LogP contribution in [0.1, 0.15) is 19.8 Å². The summed E-state index contributed by atoms with van der Waals surface area (Å²) in [5.41, 5.74) is 0. The first-order chi connectivity index (χ1) is 6.77. The molecule has 80 valence electrons. The fourth-order valence-corrected chi connectivity index (χ4v) is 2.34. The van der Waals surface area contributed by atoms with E-state index in [1.807, 2.05) is 4.90 Å². The maximum Gasteiger partial charge on any atom is 0.317 e. The number of rotatable bonds is 3. The van der Waals surface area contributed by atoms with E-state index in [0.717, 1.165) is 19.6 Å². The summed E-state index contributed by atoms with van der Waals surface area (Å²) in [6.45, 7) is 7.27. The highest BCUT2D eigenvalue weighted by atomic mass is 16.2. The van der Waals surface area contributed by atoms with Crippen LogP contribution in [0.3, 0.4) is 0 Å². The average Bonchev–Trinajstić information content (AvgIpc) is 2.75. The lowest BCUT2D eigenvalue weighted by atomic mass is 10.3. The molecule has 2 fully saturated rings. The monoisotopic (exact) mass is 197 g/mol. The van der Waals surface area contributed by atoms with E-state index in [1.54, 1.807) is 0 Å². The summed E-state index contributed by atoms with van der Waals surface area (Å²) in [7, 11) is 0. The van der Waals surface area contributed by atoms with Gasteiger partial charge in [-0.05, 0) is 32.9 Å². The fourth-order valence-electron chi connectivity index (χ4n) is 2.34. The van der Waals surface area contributed by atoms with Crippen molar-refractivity contribution in [2.45, 2.75) is 25.8 Å². The van der Waals surface area contributed by atoms with Gasteiger partial charge < -0.3 is 15.1 Å². The third kappa shape index (κ3) is 2.00. The zero-order valence-electron chi connectivity index (χ0n) is 8.83. The molecule has 0 aromatic carbocycles. The fraction of sp³-hybridized carbons (Fsp3) is 0.900. The molecule has 14 heavy (non-hydrogen) atoms. The molecule has 2 aliphatic rings. The number of hydrogen-bond donors (Lipinski definition) is 1. The summed E-state index contributed by atoms with van der Waals surface area (Å²) in [4.78, 5) is 15.8. The summed E-state index contributed by atoms with van der Waals surface area (Å²) < 4.78 is 0. The van der Waals surface area contributed by atoms with E-state index in [0.29, 0.717) is 6.04 Å². The second kappa shape index (κ2) is 4.17. The van der Waals surface area contributed by atoms with Gasteiger partial charge in [0, 0.05) is 25.7 Å². The minimum Gasteiger partial charge on any atom is -0.336 e. The number of nitrogens with one attached hydrogen (secondary N) is 1. The smallest absolute Gasteiger partial charge is 0.317 e. The number of nitrogens with zero attached hydrogens (tertiary/aromatic N) is 2. The first kappa shape index (κ1) is 9.77. The summed E-state index contributed by atoms with van der Waals surface area (Å²) in [6, 6.07) is 0.465. The molecule has 1 unspecified atom stereocenters. The van der Waals surface area contributed by atoms with Crippen molar-refractivity contribution in [3.8, 4) is 0 Å². The van der Waals surface area contributed by atoms with Gasteiger partial charge in [-0.15, -0.1) is 0 Å². The zero-order chi connectivity index (χ0) is 9.97. The van der Waals surface area contributed by atoms with Gasteiger partial charge in [-0.2, -0.15) is 0 Å². The topological polar surface area (TPSA) is 35.6 Å². The third-order valence-electron chi connectivity index (χ3n) is 3.14. The van der Waals surface area contributed by atoms with Crippen molar-refractivity contribution < 1.29 is 4.79 Å². The van der Waals surface area contributed by atoms with Gasteiger partial charge in [0.25, 0.3) is 0 Å². The Bertz CT molecular complexity index is 213. The molecule has 2 aliphatic heterocycles. The molecule has 4 nitrogen and oxygen atoms in total. The second-order valence-corrected chi connectivity index (χ2v) is 4.28. The molecule has 0 spiro atoms. The predicted octanol–water partition coefficient (Wildman–Crippen LogP) is 0.496. The van der Waals surface area contributed by atoms with Gasteiger partial charge in [0.1, 0.15) is 0 Å². The molecule has 0 aromatic rings. The van der Waals surface area contributed by atoms with Crippen LogP contribution in [0, 0.1) is 0 Å².